The Bertz CT molecular complexity index is 977. The van der Waals surface area contributed by atoms with Gasteiger partial charge in [0.05, 0.1) is 6.21 Å². The third-order valence-corrected chi connectivity index (χ3v) is 5.05. The van der Waals surface area contributed by atoms with E-state index in [2.05, 4.69) is 61.1 Å². The van der Waals surface area contributed by atoms with Gasteiger partial charge in [-0.1, -0.05) is 22.0 Å². The number of nitrogens with zero attached hydrogens (tertiary/aromatic N) is 3. The summed E-state index contributed by atoms with van der Waals surface area (Å²) in [6.07, 6.45) is 4.82. The number of hydrazone groups is 1. The molecule has 132 valence electrons. The maximum Gasteiger partial charge on any atom is 0.271 e. The highest BCUT2D eigenvalue weighted by Gasteiger charge is 2.10. The highest BCUT2D eigenvalue weighted by Crippen LogP contribution is 2.24. The molecule has 1 aromatic carbocycles. The Morgan fingerprint density at radius 1 is 1.15 bits per heavy atom. The van der Waals surface area contributed by atoms with Crippen LogP contribution in [-0.4, -0.2) is 21.7 Å². The first kappa shape index (κ1) is 18.1. The second-order valence-corrected chi connectivity index (χ2v) is 6.88. The van der Waals surface area contributed by atoms with E-state index in [0.717, 1.165) is 27.1 Å². The maximum absolute atomic E-state index is 12.0. The van der Waals surface area contributed by atoms with Crippen molar-refractivity contribution < 1.29 is 4.79 Å². The minimum Gasteiger partial charge on any atom is -0.318 e. The summed E-state index contributed by atoms with van der Waals surface area (Å²) < 4.78 is 3.23. The molecule has 0 aliphatic carbocycles. The van der Waals surface area contributed by atoms with Crippen LogP contribution in [0.2, 0.25) is 0 Å². The van der Waals surface area contributed by atoms with Crippen LogP contribution >= 0.6 is 15.9 Å². The lowest BCUT2D eigenvalue weighted by atomic mass is 10.2. The van der Waals surface area contributed by atoms with Crippen LogP contribution in [0.4, 0.5) is 0 Å². The van der Waals surface area contributed by atoms with Crippen LogP contribution in [-0.2, 0) is 0 Å². The van der Waals surface area contributed by atoms with E-state index < -0.39 is 0 Å². The smallest absolute Gasteiger partial charge is 0.271 e. The Kier molecular flexibility index (Phi) is 5.32. The number of amides is 1. The fourth-order valence-electron chi connectivity index (χ4n) is 2.76. The van der Waals surface area contributed by atoms with E-state index in [4.69, 9.17) is 0 Å². The number of nitrogens with one attached hydrogen (secondary N) is 1. The fraction of sp³-hybridized carbons (Fsp3) is 0.150. The first-order valence-electron chi connectivity index (χ1n) is 8.16. The summed E-state index contributed by atoms with van der Waals surface area (Å²) in [5.41, 5.74) is 8.45. The number of benzene rings is 1. The molecule has 0 aliphatic heterocycles. The van der Waals surface area contributed by atoms with Crippen LogP contribution in [0.3, 0.4) is 0 Å². The molecule has 5 nitrogen and oxygen atoms in total. The van der Waals surface area contributed by atoms with E-state index in [-0.39, 0.29) is 5.91 Å². The Labute approximate surface area is 160 Å². The Balaban J connectivity index is 1.81. The molecule has 0 radical (unpaired) electrons. The van der Waals surface area contributed by atoms with Crippen molar-refractivity contribution in [1.82, 2.24) is 15.0 Å². The molecule has 0 saturated carbocycles. The van der Waals surface area contributed by atoms with E-state index >= 15 is 0 Å². The predicted octanol–water partition coefficient (Wildman–Crippen LogP) is 4.32. The minimum absolute atomic E-state index is 0.264. The van der Waals surface area contributed by atoms with Gasteiger partial charge in [-0.05, 0) is 56.7 Å². The van der Waals surface area contributed by atoms with Gasteiger partial charge in [0.2, 0.25) is 0 Å². The summed E-state index contributed by atoms with van der Waals surface area (Å²) in [4.78, 5) is 15.9. The number of halogens is 1. The minimum atomic E-state index is -0.264. The van der Waals surface area contributed by atoms with Crippen LogP contribution in [0.25, 0.3) is 5.69 Å². The Morgan fingerprint density at radius 2 is 1.88 bits per heavy atom. The van der Waals surface area contributed by atoms with Gasteiger partial charge in [-0.2, -0.15) is 5.10 Å². The molecule has 0 saturated heterocycles. The van der Waals surface area contributed by atoms with Crippen molar-refractivity contribution in [2.75, 3.05) is 0 Å². The lowest BCUT2D eigenvalue weighted by molar-refractivity contribution is 0.0955. The van der Waals surface area contributed by atoms with Crippen LogP contribution in [0, 0.1) is 20.8 Å². The molecule has 0 spiro atoms. The summed E-state index contributed by atoms with van der Waals surface area (Å²) in [7, 11) is 0. The van der Waals surface area contributed by atoms with Gasteiger partial charge in [0.25, 0.3) is 5.91 Å². The molecule has 0 atom stereocenters. The zero-order valence-corrected chi connectivity index (χ0v) is 16.4. The lowest BCUT2D eigenvalue weighted by Gasteiger charge is -2.11. The maximum atomic E-state index is 12.0. The quantitative estimate of drug-likeness (QED) is 0.514. The Morgan fingerprint density at radius 3 is 2.58 bits per heavy atom. The second kappa shape index (κ2) is 7.66. The van der Waals surface area contributed by atoms with Crippen molar-refractivity contribution >= 4 is 28.1 Å². The largest absolute Gasteiger partial charge is 0.318 e. The molecule has 0 bridgehead atoms. The third-order valence-electron chi connectivity index (χ3n) is 4.20. The molecular formula is C20H19BrN4O. The Hall–Kier alpha value is -2.73. The molecule has 0 fully saturated rings. The molecule has 2 heterocycles. The average molecular weight is 411 g/mol. The number of rotatable bonds is 4. The number of pyridine rings is 1. The second-order valence-electron chi connectivity index (χ2n) is 6.03. The van der Waals surface area contributed by atoms with Crippen molar-refractivity contribution in [3.63, 3.8) is 0 Å². The number of hydrogen-bond acceptors (Lipinski definition) is 3. The van der Waals surface area contributed by atoms with Crippen LogP contribution in [0.15, 0.2) is 58.4 Å². The van der Waals surface area contributed by atoms with Crippen molar-refractivity contribution in [3.05, 3.63) is 81.3 Å². The fourth-order valence-corrected chi connectivity index (χ4v) is 3.13. The van der Waals surface area contributed by atoms with Gasteiger partial charge in [0, 0.05) is 45.1 Å². The summed E-state index contributed by atoms with van der Waals surface area (Å²) in [5, 5.41) is 4.09. The third kappa shape index (κ3) is 3.75. The van der Waals surface area contributed by atoms with Crippen LogP contribution in [0.5, 0.6) is 0 Å². The van der Waals surface area contributed by atoms with Crippen molar-refractivity contribution in [2.24, 2.45) is 5.10 Å². The van der Waals surface area contributed by atoms with Crippen LogP contribution in [0.1, 0.15) is 32.9 Å². The normalized spacial score (nSPS) is 11.1. The van der Waals surface area contributed by atoms with E-state index in [1.165, 1.54) is 5.56 Å². The average Bonchev–Trinajstić information content (AvgIpc) is 2.92. The topological polar surface area (TPSA) is 59.3 Å². The molecule has 1 amide bonds. The molecule has 2 aromatic heterocycles. The molecule has 3 rings (SSSR count). The van der Waals surface area contributed by atoms with Gasteiger partial charge in [0.1, 0.15) is 0 Å². The highest BCUT2D eigenvalue weighted by molar-refractivity contribution is 9.10. The van der Waals surface area contributed by atoms with Gasteiger partial charge >= 0.3 is 0 Å². The molecular weight excluding hydrogens is 392 g/mol. The van der Waals surface area contributed by atoms with Gasteiger partial charge in [-0.3, -0.25) is 9.78 Å². The van der Waals surface area contributed by atoms with Gasteiger partial charge in [-0.15, -0.1) is 0 Å². The van der Waals surface area contributed by atoms with Crippen molar-refractivity contribution in [2.45, 2.75) is 20.8 Å². The molecule has 1 N–H and O–H groups in total. The summed E-state index contributed by atoms with van der Waals surface area (Å²) in [5.74, 6) is -0.264. The first-order valence-corrected chi connectivity index (χ1v) is 8.95. The predicted molar refractivity (Wildman–Crippen MR) is 107 cm³/mol. The number of carbonyl (C=O) groups is 1. The van der Waals surface area contributed by atoms with E-state index in [1.54, 1.807) is 30.7 Å². The van der Waals surface area contributed by atoms with Gasteiger partial charge < -0.3 is 4.57 Å². The first-order chi connectivity index (χ1) is 12.5. The summed E-state index contributed by atoms with van der Waals surface area (Å²) in [6.45, 7) is 6.15. The van der Waals surface area contributed by atoms with Crippen molar-refractivity contribution in [1.29, 1.82) is 0 Å². The van der Waals surface area contributed by atoms with Crippen LogP contribution < -0.4 is 5.43 Å². The van der Waals surface area contributed by atoms with Gasteiger partial charge in [0.15, 0.2) is 0 Å². The molecule has 3 aromatic rings. The van der Waals surface area contributed by atoms with Crippen molar-refractivity contribution in [3.8, 4) is 5.69 Å². The zero-order valence-electron chi connectivity index (χ0n) is 14.8. The molecule has 0 aliphatic rings. The van der Waals surface area contributed by atoms with Gasteiger partial charge in [-0.25, -0.2) is 5.43 Å². The van der Waals surface area contributed by atoms with E-state index in [0.29, 0.717) is 5.56 Å². The number of hydrogen-bond donors (Lipinski definition) is 1. The zero-order chi connectivity index (χ0) is 18.7. The number of aryl methyl sites for hydroxylation is 2. The van der Waals surface area contributed by atoms with E-state index in [1.807, 2.05) is 19.9 Å². The SMILES string of the molecule is Cc1ccc(-n2c(C)cc(/C=N\NC(=O)c3ccncc3)c2C)cc1Br. The molecule has 26 heavy (non-hydrogen) atoms. The summed E-state index contributed by atoms with van der Waals surface area (Å²) in [6, 6.07) is 11.6. The standard InChI is InChI=1S/C20H19BrN4O/c1-13-4-5-18(11-19(13)21)25-14(2)10-17(15(25)3)12-23-24-20(26)16-6-8-22-9-7-16/h4-12H,1-3H3,(H,24,26)/b23-12-. The highest BCUT2D eigenvalue weighted by atomic mass is 79.9. The lowest BCUT2D eigenvalue weighted by Crippen LogP contribution is -2.17. The number of carbonyl (C=O) groups excluding carboxylic acids is 1. The molecule has 0 unspecified atom stereocenters. The monoisotopic (exact) mass is 410 g/mol. The number of aromatic nitrogens is 2. The van der Waals surface area contributed by atoms with E-state index in [9.17, 15) is 4.79 Å². The summed E-state index contributed by atoms with van der Waals surface area (Å²) >= 11 is 3.59. The molecule has 6 heteroatoms.